The van der Waals surface area contributed by atoms with Gasteiger partial charge in [-0.1, -0.05) is 6.07 Å². The number of nitrogens with one attached hydrogen (secondary N) is 1. The molecule has 7 heteroatoms. The maximum Gasteiger partial charge on any atom is 0.336 e. The van der Waals surface area contributed by atoms with Gasteiger partial charge < -0.3 is 24.6 Å². The number of allylic oxidation sites excluding steroid dienone is 1. The molecule has 0 unspecified atom stereocenters. The number of esters is 2. The molecule has 2 N–H and O–H groups in total. The van der Waals surface area contributed by atoms with E-state index in [4.69, 9.17) is 14.2 Å². The van der Waals surface area contributed by atoms with E-state index < -0.39 is 11.9 Å². The lowest BCUT2D eigenvalue weighted by Gasteiger charge is -2.21. The molecule has 0 saturated heterocycles. The second-order valence-corrected chi connectivity index (χ2v) is 5.57. The molecule has 0 fully saturated rings. The first-order chi connectivity index (χ1) is 12.5. The number of aromatic hydroxyl groups is 1. The van der Waals surface area contributed by atoms with Gasteiger partial charge in [0.15, 0.2) is 11.5 Å². The van der Waals surface area contributed by atoms with Crippen molar-refractivity contribution in [3.05, 3.63) is 46.8 Å². The summed E-state index contributed by atoms with van der Waals surface area (Å²) >= 11 is 0. The van der Waals surface area contributed by atoms with Gasteiger partial charge in [0, 0.05) is 24.7 Å². The van der Waals surface area contributed by atoms with Gasteiger partial charge in [-0.2, -0.15) is 0 Å². The zero-order valence-corrected chi connectivity index (χ0v) is 15.1. The van der Waals surface area contributed by atoms with Gasteiger partial charge in [-0.15, -0.1) is 0 Å². The molecule has 1 aliphatic rings. The molecule has 0 spiro atoms. The van der Waals surface area contributed by atoms with E-state index in [1.807, 2.05) is 0 Å². The maximum absolute atomic E-state index is 12.3. The van der Waals surface area contributed by atoms with Gasteiger partial charge in [0.05, 0.1) is 31.5 Å². The Morgan fingerprint density at radius 1 is 1.15 bits per heavy atom. The molecule has 2 rings (SSSR count). The number of methoxy groups -OCH3 is 1. The molecule has 0 bridgehead atoms. The van der Waals surface area contributed by atoms with Crippen molar-refractivity contribution in [3.8, 4) is 11.5 Å². The number of phenols is 1. The summed E-state index contributed by atoms with van der Waals surface area (Å²) in [5, 5.41) is 12.7. The molecule has 7 nitrogen and oxygen atoms in total. The Morgan fingerprint density at radius 3 is 2.50 bits per heavy atom. The van der Waals surface area contributed by atoms with Gasteiger partial charge in [-0.25, -0.2) is 9.59 Å². The molecule has 0 atom stereocenters. The summed E-state index contributed by atoms with van der Waals surface area (Å²) in [6, 6.07) is 4.96. The minimum atomic E-state index is -0.476. The van der Waals surface area contributed by atoms with Crippen molar-refractivity contribution in [2.75, 3.05) is 20.3 Å². The fourth-order valence-electron chi connectivity index (χ4n) is 2.57. The summed E-state index contributed by atoms with van der Waals surface area (Å²) in [7, 11) is 1.47. The number of hydrogen-bond donors (Lipinski definition) is 2. The van der Waals surface area contributed by atoms with Crippen LogP contribution in [0.15, 0.2) is 41.2 Å². The lowest BCUT2D eigenvalue weighted by atomic mass is 9.97. The van der Waals surface area contributed by atoms with Crippen LogP contribution in [0.2, 0.25) is 0 Å². The molecule has 0 aromatic heterocycles. The third-order valence-electron chi connectivity index (χ3n) is 3.84. The Labute approximate surface area is 152 Å². The van der Waals surface area contributed by atoms with Crippen LogP contribution >= 0.6 is 0 Å². The zero-order chi connectivity index (χ0) is 19.1. The Kier molecular flexibility index (Phi) is 6.66. The molecule has 0 aliphatic carbocycles. The molecule has 1 aromatic carbocycles. The first kappa shape index (κ1) is 19.4. The Hall–Kier alpha value is -2.96. The molecule has 0 radical (unpaired) electrons. The first-order valence-corrected chi connectivity index (χ1v) is 8.37. The normalized spacial score (nSPS) is 13.6. The van der Waals surface area contributed by atoms with Gasteiger partial charge in [0.2, 0.25) is 0 Å². The monoisotopic (exact) mass is 361 g/mol. The summed E-state index contributed by atoms with van der Waals surface area (Å²) in [6.07, 6.45) is 2.07. The highest BCUT2D eigenvalue weighted by Gasteiger charge is 2.25. The molecule has 26 heavy (non-hydrogen) atoms. The highest BCUT2D eigenvalue weighted by Crippen LogP contribution is 2.29. The van der Waals surface area contributed by atoms with Gasteiger partial charge in [0.1, 0.15) is 0 Å². The van der Waals surface area contributed by atoms with Gasteiger partial charge in [0.25, 0.3) is 0 Å². The van der Waals surface area contributed by atoms with E-state index in [1.54, 1.807) is 32.2 Å². The van der Waals surface area contributed by atoms with Crippen LogP contribution in [0.1, 0.15) is 25.8 Å². The second-order valence-electron chi connectivity index (χ2n) is 5.57. The van der Waals surface area contributed by atoms with Crippen LogP contribution in [0.25, 0.3) is 0 Å². The smallest absolute Gasteiger partial charge is 0.336 e. The number of ether oxygens (including phenoxy) is 3. The van der Waals surface area contributed by atoms with Crippen molar-refractivity contribution >= 4 is 11.9 Å². The summed E-state index contributed by atoms with van der Waals surface area (Å²) in [4.78, 5) is 24.3. The topological polar surface area (TPSA) is 94.1 Å². The van der Waals surface area contributed by atoms with Crippen LogP contribution in [-0.4, -0.2) is 37.4 Å². The number of phenolic OH excluding ortho intramolecular Hbond substituents is 1. The van der Waals surface area contributed by atoms with Crippen molar-refractivity contribution in [1.82, 2.24) is 5.32 Å². The van der Waals surface area contributed by atoms with Crippen LogP contribution in [0, 0.1) is 0 Å². The molecule has 140 valence electrons. The SMILES string of the molecule is CCOC(=O)C1=CNC(Cc2ccc(O)c(OC)c2)=C(C(=O)OCC)C1. The van der Waals surface area contributed by atoms with E-state index in [-0.39, 0.29) is 25.4 Å². The van der Waals surface area contributed by atoms with Crippen LogP contribution in [0.5, 0.6) is 11.5 Å². The lowest BCUT2D eigenvalue weighted by Crippen LogP contribution is -2.25. The lowest BCUT2D eigenvalue weighted by molar-refractivity contribution is -0.139. The first-order valence-electron chi connectivity index (χ1n) is 8.37. The van der Waals surface area contributed by atoms with E-state index in [0.717, 1.165) is 5.56 Å². The Balaban J connectivity index is 2.28. The molecular formula is C19H23NO6. The highest BCUT2D eigenvalue weighted by molar-refractivity contribution is 5.96. The molecule has 0 saturated carbocycles. The number of rotatable bonds is 7. The summed E-state index contributed by atoms with van der Waals surface area (Å²) < 4.78 is 15.2. The fraction of sp³-hybridized carbons (Fsp3) is 0.368. The zero-order valence-electron chi connectivity index (χ0n) is 15.1. The van der Waals surface area contributed by atoms with Crippen LogP contribution in [-0.2, 0) is 25.5 Å². The minimum absolute atomic E-state index is 0.0388. The van der Waals surface area contributed by atoms with Crippen molar-refractivity contribution < 1.29 is 28.9 Å². The fourth-order valence-corrected chi connectivity index (χ4v) is 2.57. The van der Waals surface area contributed by atoms with Gasteiger partial charge >= 0.3 is 11.9 Å². The molecule has 1 aromatic rings. The van der Waals surface area contributed by atoms with Crippen molar-refractivity contribution in [3.63, 3.8) is 0 Å². The average Bonchev–Trinajstić information content (AvgIpc) is 2.64. The highest BCUT2D eigenvalue weighted by atomic mass is 16.5. The number of hydrogen-bond acceptors (Lipinski definition) is 7. The number of carbonyl (C=O) groups is 2. The molecular weight excluding hydrogens is 338 g/mol. The maximum atomic E-state index is 12.3. The summed E-state index contributed by atoms with van der Waals surface area (Å²) in [5.74, 6) is -0.556. The van der Waals surface area contributed by atoms with Crippen LogP contribution in [0.4, 0.5) is 0 Å². The predicted octanol–water partition coefficient (Wildman–Crippen LogP) is 2.20. The van der Waals surface area contributed by atoms with Crippen LogP contribution in [0.3, 0.4) is 0 Å². The van der Waals surface area contributed by atoms with E-state index in [0.29, 0.717) is 29.0 Å². The number of benzene rings is 1. The third kappa shape index (κ3) is 4.56. The van der Waals surface area contributed by atoms with Gasteiger partial charge in [-0.05, 0) is 31.5 Å². The second kappa shape index (κ2) is 8.94. The molecule has 0 amide bonds. The number of carbonyl (C=O) groups excluding carboxylic acids is 2. The van der Waals surface area contributed by atoms with E-state index >= 15 is 0 Å². The van der Waals surface area contributed by atoms with E-state index in [1.165, 1.54) is 13.2 Å². The van der Waals surface area contributed by atoms with Crippen LogP contribution < -0.4 is 10.1 Å². The minimum Gasteiger partial charge on any atom is -0.504 e. The Morgan fingerprint density at radius 2 is 1.85 bits per heavy atom. The number of dihydropyridines is 1. The van der Waals surface area contributed by atoms with Crippen molar-refractivity contribution in [2.24, 2.45) is 0 Å². The third-order valence-corrected chi connectivity index (χ3v) is 3.84. The van der Waals surface area contributed by atoms with Crippen molar-refractivity contribution in [1.29, 1.82) is 0 Å². The summed E-state index contributed by atoms with van der Waals surface area (Å²) in [5.41, 5.74) is 2.20. The molecule has 1 heterocycles. The van der Waals surface area contributed by atoms with Gasteiger partial charge in [-0.3, -0.25) is 0 Å². The quantitative estimate of drug-likeness (QED) is 0.719. The Bertz CT molecular complexity index is 750. The molecule has 1 aliphatic heterocycles. The predicted molar refractivity (Wildman–Crippen MR) is 94.5 cm³/mol. The summed E-state index contributed by atoms with van der Waals surface area (Å²) in [6.45, 7) is 3.94. The largest absolute Gasteiger partial charge is 0.504 e. The standard InChI is InChI=1S/C19H23NO6/c1-4-25-18(22)13-10-14(19(23)26-5-2)15(20-11-13)8-12-6-7-16(21)17(9-12)24-3/h6-7,9,11,20-21H,4-5,8,10H2,1-3H3. The van der Waals surface area contributed by atoms with E-state index in [2.05, 4.69) is 5.32 Å². The average molecular weight is 361 g/mol. The van der Waals surface area contributed by atoms with E-state index in [9.17, 15) is 14.7 Å². The van der Waals surface area contributed by atoms with Crippen molar-refractivity contribution in [2.45, 2.75) is 26.7 Å².